The number of phenolic OH excluding ortho intramolecular Hbond substituents is 2. The van der Waals surface area contributed by atoms with E-state index in [-0.39, 0.29) is 53.4 Å². The fraction of sp³-hybridized carbons (Fsp3) is 0.596. The van der Waals surface area contributed by atoms with Crippen LogP contribution in [0.5, 0.6) is 17.2 Å². The zero-order valence-corrected chi connectivity index (χ0v) is 35.4. The van der Waals surface area contributed by atoms with Gasteiger partial charge in [-0.05, 0) is 113 Å². The van der Waals surface area contributed by atoms with Crippen molar-refractivity contribution in [3.63, 3.8) is 0 Å². The number of unbranched alkanes of at least 4 members (excludes halogenated alkanes) is 2. The van der Waals surface area contributed by atoms with E-state index in [9.17, 15) is 24.6 Å². The highest BCUT2D eigenvalue weighted by Crippen LogP contribution is 2.68. The Morgan fingerprint density at radius 1 is 0.930 bits per heavy atom. The Balaban J connectivity index is 1.31. The normalized spacial score (nSPS) is 26.4. The van der Waals surface area contributed by atoms with Gasteiger partial charge in [-0.25, -0.2) is 4.79 Å². The maximum absolute atomic E-state index is 15.0. The lowest BCUT2D eigenvalue weighted by atomic mass is 9.51. The second kappa shape index (κ2) is 17.1. The van der Waals surface area contributed by atoms with E-state index in [1.54, 1.807) is 19.1 Å². The second-order valence-electron chi connectivity index (χ2n) is 17.8. The van der Waals surface area contributed by atoms with Gasteiger partial charge in [0.25, 0.3) is 0 Å². The first-order chi connectivity index (χ1) is 27.0. The quantitative estimate of drug-likeness (QED) is 0.0660. The van der Waals surface area contributed by atoms with E-state index in [1.165, 1.54) is 5.57 Å². The first-order valence-electron chi connectivity index (χ1n) is 21.0. The molecule has 3 heterocycles. The van der Waals surface area contributed by atoms with Crippen molar-refractivity contribution in [3.05, 3.63) is 74.9 Å². The summed E-state index contributed by atoms with van der Waals surface area (Å²) in [4.78, 5) is 45.3. The lowest BCUT2D eigenvalue weighted by Gasteiger charge is -2.56. The molecular formula is C47H64N2O8. The van der Waals surface area contributed by atoms with Crippen LogP contribution in [-0.4, -0.2) is 88.8 Å². The van der Waals surface area contributed by atoms with Crippen molar-refractivity contribution in [2.24, 2.45) is 11.8 Å². The molecule has 57 heavy (non-hydrogen) atoms. The summed E-state index contributed by atoms with van der Waals surface area (Å²) in [5, 5.41) is 27.2. The summed E-state index contributed by atoms with van der Waals surface area (Å²) >= 11 is 0. The van der Waals surface area contributed by atoms with E-state index in [0.717, 1.165) is 76.0 Å². The third kappa shape index (κ3) is 8.06. The number of allylic oxidation sites excluding steroid dienone is 7. The van der Waals surface area contributed by atoms with Crippen molar-refractivity contribution in [3.8, 4) is 17.2 Å². The molecule has 4 unspecified atom stereocenters. The smallest absolute Gasteiger partial charge is 0.333 e. The van der Waals surface area contributed by atoms with Crippen LogP contribution < -0.4 is 10.1 Å². The Hall–Kier alpha value is -3.99. The number of hydrogen-bond donors (Lipinski definition) is 3. The molecule has 1 aromatic carbocycles. The summed E-state index contributed by atoms with van der Waals surface area (Å²) < 4.78 is 19.6. The van der Waals surface area contributed by atoms with Crippen LogP contribution in [0, 0.1) is 11.8 Å². The predicted octanol–water partition coefficient (Wildman–Crippen LogP) is 7.80. The van der Waals surface area contributed by atoms with Crippen molar-refractivity contribution in [1.82, 2.24) is 10.2 Å². The third-order valence-corrected chi connectivity index (χ3v) is 12.7. The topological polar surface area (TPSA) is 135 Å². The molecule has 0 aromatic heterocycles. The number of ketones is 2. The van der Waals surface area contributed by atoms with Crippen LogP contribution in [0.3, 0.4) is 0 Å². The van der Waals surface area contributed by atoms with Crippen molar-refractivity contribution >= 4 is 17.5 Å². The molecule has 3 aliphatic heterocycles. The second-order valence-corrected chi connectivity index (χ2v) is 17.8. The number of Topliss-reactive ketones (excluding diaryl/α,β-unsaturated/α-hetero) is 2. The number of benzene rings is 1. The summed E-state index contributed by atoms with van der Waals surface area (Å²) in [6.07, 6.45) is 14.9. The molecule has 7 rings (SSSR count). The standard InChI is InChI=1S/C47H64N2O8/c1-29(2)13-12-14-31(5)16-18-34-39(50)35(17-15-30(3)4)42-38(40(34)51)41(52)36-27-33-28-37-45(7,8)57-46(43(33)53,47(36,37)56-42)20-19-32(6)44(54)55-26-11-9-10-23-49-24-21-48-22-25-49/h13,15-16,19,27,33,37,48,50-51H,9-12,14,17-18,20-26,28H2,1-8H3/b31-16+,32-19-. The van der Waals surface area contributed by atoms with E-state index in [2.05, 4.69) is 30.1 Å². The predicted molar refractivity (Wildman–Crippen MR) is 222 cm³/mol. The summed E-state index contributed by atoms with van der Waals surface area (Å²) in [6.45, 7) is 21.1. The lowest BCUT2D eigenvalue weighted by Crippen LogP contribution is -2.72. The monoisotopic (exact) mass is 784 g/mol. The van der Waals surface area contributed by atoms with Crippen LogP contribution in [0.4, 0.5) is 0 Å². The van der Waals surface area contributed by atoms with Gasteiger partial charge >= 0.3 is 5.97 Å². The molecule has 3 fully saturated rings. The number of piperazine rings is 1. The SMILES string of the molecule is CC(C)=CCC/C(C)=C/Cc1c(O)c(CC=C(C)C)c2c(c1O)C(=O)C1=CC3CC4C(C)(C)OC(C/C=C(/C)C(=O)OCCCCCN5CCNCC5)(C3=O)C14O2. The zero-order valence-electron chi connectivity index (χ0n) is 35.4. The lowest BCUT2D eigenvalue weighted by molar-refractivity contribution is -0.171. The molecule has 1 saturated carbocycles. The number of hydrogen-bond acceptors (Lipinski definition) is 10. The molecule has 3 aliphatic carbocycles. The molecule has 3 N–H and O–H groups in total. The highest BCUT2D eigenvalue weighted by molar-refractivity contribution is 6.18. The maximum Gasteiger partial charge on any atom is 0.333 e. The van der Waals surface area contributed by atoms with Gasteiger partial charge in [0.2, 0.25) is 0 Å². The van der Waals surface area contributed by atoms with E-state index in [1.807, 2.05) is 46.8 Å². The average Bonchev–Trinajstić information content (AvgIpc) is 3.31. The van der Waals surface area contributed by atoms with Gasteiger partial charge in [0.1, 0.15) is 22.8 Å². The first kappa shape index (κ1) is 42.6. The third-order valence-electron chi connectivity index (χ3n) is 12.7. The fourth-order valence-electron chi connectivity index (χ4n) is 9.62. The van der Waals surface area contributed by atoms with E-state index in [4.69, 9.17) is 14.2 Å². The van der Waals surface area contributed by atoms with Crippen LogP contribution in [0.2, 0.25) is 0 Å². The number of nitrogens with one attached hydrogen (secondary N) is 1. The van der Waals surface area contributed by atoms with Gasteiger partial charge in [-0.1, -0.05) is 47.1 Å². The molecule has 4 atom stereocenters. The fourth-order valence-corrected chi connectivity index (χ4v) is 9.62. The van der Waals surface area contributed by atoms with Crippen molar-refractivity contribution < 1.29 is 38.8 Å². The van der Waals surface area contributed by atoms with Gasteiger partial charge in [-0.2, -0.15) is 0 Å². The molecule has 6 aliphatic rings. The van der Waals surface area contributed by atoms with Crippen LogP contribution in [-0.2, 0) is 31.9 Å². The average molecular weight is 785 g/mol. The van der Waals surface area contributed by atoms with E-state index < -0.39 is 40.4 Å². The molecule has 1 aromatic rings. The number of carbonyl (C=O) groups is 3. The van der Waals surface area contributed by atoms with Gasteiger partial charge in [-0.3, -0.25) is 9.59 Å². The van der Waals surface area contributed by atoms with Gasteiger partial charge in [0.15, 0.2) is 22.8 Å². The van der Waals surface area contributed by atoms with Crippen LogP contribution in [0.25, 0.3) is 0 Å². The molecule has 10 heteroatoms. The van der Waals surface area contributed by atoms with Gasteiger partial charge < -0.3 is 34.6 Å². The number of aromatic hydroxyl groups is 2. The van der Waals surface area contributed by atoms with E-state index in [0.29, 0.717) is 29.7 Å². The number of esters is 1. The Morgan fingerprint density at radius 2 is 1.63 bits per heavy atom. The van der Waals surface area contributed by atoms with Gasteiger partial charge in [-0.15, -0.1) is 0 Å². The minimum atomic E-state index is -1.63. The number of phenols is 2. The maximum atomic E-state index is 15.0. The summed E-state index contributed by atoms with van der Waals surface area (Å²) in [7, 11) is 0. The van der Waals surface area contributed by atoms with Gasteiger partial charge in [0, 0.05) is 66.7 Å². The Morgan fingerprint density at radius 3 is 2.33 bits per heavy atom. The van der Waals surface area contributed by atoms with Crippen LogP contribution in [0.1, 0.15) is 122 Å². The van der Waals surface area contributed by atoms with Crippen molar-refractivity contribution in [2.45, 2.75) is 130 Å². The highest BCUT2D eigenvalue weighted by Gasteiger charge is 2.81. The summed E-state index contributed by atoms with van der Waals surface area (Å²) in [5.41, 5.74) is 0.600. The molecule has 310 valence electrons. The molecular weight excluding hydrogens is 721 g/mol. The zero-order chi connectivity index (χ0) is 41.3. The Kier molecular flexibility index (Phi) is 12.8. The first-order valence-corrected chi connectivity index (χ1v) is 21.0. The van der Waals surface area contributed by atoms with Crippen LogP contribution in [0.15, 0.2) is 58.2 Å². The minimum Gasteiger partial charge on any atom is -0.507 e. The summed E-state index contributed by atoms with van der Waals surface area (Å²) in [5.74, 6) is -2.44. The molecule has 2 saturated heterocycles. The largest absolute Gasteiger partial charge is 0.507 e. The summed E-state index contributed by atoms with van der Waals surface area (Å²) in [6, 6.07) is 0. The highest BCUT2D eigenvalue weighted by atomic mass is 16.6. The Bertz CT molecular complexity index is 1920. The van der Waals surface area contributed by atoms with Crippen molar-refractivity contribution in [2.75, 3.05) is 39.3 Å². The number of ether oxygens (including phenoxy) is 3. The molecule has 10 nitrogen and oxygen atoms in total. The molecule has 0 radical (unpaired) electrons. The Labute approximate surface area is 339 Å². The van der Waals surface area contributed by atoms with Crippen molar-refractivity contribution in [1.29, 1.82) is 0 Å². The van der Waals surface area contributed by atoms with Crippen LogP contribution >= 0.6 is 0 Å². The number of fused-ring (bicyclic) bond motifs is 1. The van der Waals surface area contributed by atoms with E-state index >= 15 is 0 Å². The number of rotatable bonds is 16. The molecule has 1 spiro atoms. The number of nitrogens with zero attached hydrogens (tertiary/aromatic N) is 1. The number of carbonyl (C=O) groups excluding carboxylic acids is 3. The minimum absolute atomic E-state index is 0.00279. The van der Waals surface area contributed by atoms with Gasteiger partial charge in [0.05, 0.1) is 12.2 Å². The molecule has 4 bridgehead atoms. The molecule has 0 amide bonds.